The van der Waals surface area contributed by atoms with Crippen molar-refractivity contribution in [1.29, 1.82) is 0 Å². The van der Waals surface area contributed by atoms with E-state index >= 15 is 0 Å². The van der Waals surface area contributed by atoms with E-state index < -0.39 is 5.97 Å². The van der Waals surface area contributed by atoms with Crippen LogP contribution in [0.2, 0.25) is 0 Å². The van der Waals surface area contributed by atoms with Crippen molar-refractivity contribution in [3.63, 3.8) is 0 Å². The highest BCUT2D eigenvalue weighted by Gasteiger charge is 2.55. The van der Waals surface area contributed by atoms with Gasteiger partial charge in [-0.2, -0.15) is 0 Å². The molecule has 2 rings (SSSR count). The number of carbonyl (C=O) groups excluding carboxylic acids is 1. The van der Waals surface area contributed by atoms with Crippen LogP contribution >= 0.6 is 11.8 Å². The Kier molecular flexibility index (Phi) is 3.68. The highest BCUT2D eigenvalue weighted by Crippen LogP contribution is 2.47. The van der Waals surface area contributed by atoms with Crippen molar-refractivity contribution in [3.05, 3.63) is 10.6 Å². The topological polar surface area (TPSA) is 77.8 Å². The molecule has 0 aromatic carbocycles. The van der Waals surface area contributed by atoms with E-state index in [2.05, 4.69) is 0 Å². The maximum absolute atomic E-state index is 12.0. The van der Waals surface area contributed by atoms with Gasteiger partial charge in [0.05, 0.1) is 18.6 Å². The number of hydrogen-bond donors (Lipinski definition) is 2. The first kappa shape index (κ1) is 13.4. The third-order valence-electron chi connectivity index (χ3n) is 3.46. The largest absolute Gasteiger partial charge is 0.477 e. The van der Waals surface area contributed by atoms with Crippen molar-refractivity contribution in [1.82, 2.24) is 4.90 Å². The van der Waals surface area contributed by atoms with Crippen molar-refractivity contribution in [3.8, 4) is 0 Å². The van der Waals surface area contributed by atoms with Crippen molar-refractivity contribution >= 4 is 23.6 Å². The van der Waals surface area contributed by atoms with Crippen LogP contribution in [0, 0.1) is 11.8 Å². The van der Waals surface area contributed by atoms with Gasteiger partial charge < -0.3 is 15.1 Å². The fraction of sp³-hybridized carbons (Fsp3) is 0.667. The molecule has 18 heavy (non-hydrogen) atoms. The van der Waals surface area contributed by atoms with Crippen LogP contribution in [-0.4, -0.2) is 45.4 Å². The minimum absolute atomic E-state index is 0.00444. The van der Waals surface area contributed by atoms with Gasteiger partial charge in [0.1, 0.15) is 5.70 Å². The number of nitrogens with zero attached hydrogens (tertiary/aromatic N) is 1. The van der Waals surface area contributed by atoms with E-state index in [-0.39, 0.29) is 36.1 Å². The van der Waals surface area contributed by atoms with E-state index in [1.54, 1.807) is 0 Å². The first-order valence-corrected chi connectivity index (χ1v) is 7.00. The molecule has 2 heterocycles. The van der Waals surface area contributed by atoms with E-state index in [0.29, 0.717) is 12.2 Å². The molecule has 0 saturated carbocycles. The third kappa shape index (κ3) is 1.93. The zero-order valence-corrected chi connectivity index (χ0v) is 11.2. The van der Waals surface area contributed by atoms with Crippen LogP contribution in [-0.2, 0) is 9.59 Å². The number of thioether (sulfide) groups is 1. The molecule has 1 fully saturated rings. The molecule has 1 saturated heterocycles. The molecular formula is C12H17NO4S. The number of carboxylic acid groups (broad SMARTS) is 1. The van der Waals surface area contributed by atoms with Gasteiger partial charge in [-0.05, 0) is 5.92 Å². The minimum Gasteiger partial charge on any atom is -0.477 e. The van der Waals surface area contributed by atoms with Gasteiger partial charge in [-0.15, -0.1) is 11.8 Å². The molecule has 0 aliphatic carbocycles. The quantitative estimate of drug-likeness (QED) is 0.726. The van der Waals surface area contributed by atoms with E-state index in [1.165, 1.54) is 16.7 Å². The van der Waals surface area contributed by atoms with E-state index in [0.717, 1.165) is 4.91 Å². The number of carboxylic acids is 1. The summed E-state index contributed by atoms with van der Waals surface area (Å²) in [6.07, 6.45) is 0.612. The van der Waals surface area contributed by atoms with Crippen molar-refractivity contribution in [2.45, 2.75) is 26.3 Å². The number of β-lactam (4-membered cyclic amide) rings is 1. The van der Waals surface area contributed by atoms with Gasteiger partial charge in [0.15, 0.2) is 0 Å². The summed E-state index contributed by atoms with van der Waals surface area (Å²) in [5, 5.41) is 18.0. The second-order valence-electron chi connectivity index (χ2n) is 4.90. The maximum atomic E-state index is 12.0. The standard InChI is InChI=1S/C12H17NO4S/c1-6(2)9-7-5-8(18-4-3-14)10(12(16)17)13(7)11(9)15/h6-7,9,14H,3-5H2,1-2H3,(H,16,17). The number of aliphatic carboxylic acids is 1. The number of carbonyl (C=O) groups is 2. The molecule has 2 N–H and O–H groups in total. The summed E-state index contributed by atoms with van der Waals surface area (Å²) in [4.78, 5) is 25.4. The van der Waals surface area contributed by atoms with Gasteiger partial charge in [-0.25, -0.2) is 4.79 Å². The summed E-state index contributed by atoms with van der Waals surface area (Å²) in [5.74, 6) is -0.490. The highest BCUT2D eigenvalue weighted by atomic mass is 32.2. The van der Waals surface area contributed by atoms with Gasteiger partial charge in [0.25, 0.3) is 0 Å². The first-order valence-electron chi connectivity index (χ1n) is 6.02. The molecule has 2 aliphatic rings. The van der Waals surface area contributed by atoms with Gasteiger partial charge in [-0.1, -0.05) is 13.8 Å². The summed E-state index contributed by atoms with van der Waals surface area (Å²) >= 11 is 1.34. The van der Waals surface area contributed by atoms with Gasteiger partial charge in [0, 0.05) is 17.1 Å². The minimum atomic E-state index is -1.05. The summed E-state index contributed by atoms with van der Waals surface area (Å²) in [6, 6.07) is 0.00444. The normalized spacial score (nSPS) is 26.7. The first-order chi connectivity index (χ1) is 8.49. The summed E-state index contributed by atoms with van der Waals surface area (Å²) in [6.45, 7) is 3.98. The molecule has 0 aromatic heterocycles. The second kappa shape index (κ2) is 4.93. The predicted molar refractivity (Wildman–Crippen MR) is 67.8 cm³/mol. The van der Waals surface area contributed by atoms with Crippen LogP contribution in [0.3, 0.4) is 0 Å². The van der Waals surface area contributed by atoms with Crippen molar-refractivity contribution in [2.24, 2.45) is 11.8 Å². The van der Waals surface area contributed by atoms with Gasteiger partial charge in [-0.3, -0.25) is 4.79 Å². The molecule has 0 bridgehead atoms. The van der Waals surface area contributed by atoms with Gasteiger partial charge >= 0.3 is 5.97 Å². The zero-order chi connectivity index (χ0) is 13.4. The van der Waals surface area contributed by atoms with Crippen LogP contribution in [0.25, 0.3) is 0 Å². The zero-order valence-electron chi connectivity index (χ0n) is 10.4. The number of hydrogen-bond acceptors (Lipinski definition) is 4. The van der Waals surface area contributed by atoms with E-state index in [4.69, 9.17) is 5.11 Å². The molecular weight excluding hydrogens is 254 g/mol. The smallest absolute Gasteiger partial charge is 0.353 e. The summed E-state index contributed by atoms with van der Waals surface area (Å²) in [5.41, 5.74) is 0.125. The molecule has 1 amide bonds. The maximum Gasteiger partial charge on any atom is 0.353 e. The Bertz CT molecular complexity index is 418. The number of fused-ring (bicyclic) bond motifs is 1. The van der Waals surface area contributed by atoms with Crippen LogP contribution in [0.4, 0.5) is 0 Å². The Balaban J connectivity index is 2.21. The molecule has 0 spiro atoms. The molecule has 2 aliphatic heterocycles. The number of amides is 1. The highest BCUT2D eigenvalue weighted by molar-refractivity contribution is 8.03. The Morgan fingerprint density at radius 2 is 2.22 bits per heavy atom. The molecule has 6 heteroatoms. The fourth-order valence-electron chi connectivity index (χ4n) is 2.73. The van der Waals surface area contributed by atoms with Crippen LogP contribution in [0.1, 0.15) is 20.3 Å². The Labute approximate surface area is 110 Å². The fourth-order valence-corrected chi connectivity index (χ4v) is 3.68. The van der Waals surface area contributed by atoms with E-state index in [9.17, 15) is 14.7 Å². The van der Waals surface area contributed by atoms with Crippen LogP contribution in [0.15, 0.2) is 10.6 Å². The number of aliphatic hydroxyl groups excluding tert-OH is 1. The summed E-state index contributed by atoms with van der Waals surface area (Å²) in [7, 11) is 0. The van der Waals surface area contributed by atoms with Crippen molar-refractivity contribution < 1.29 is 19.8 Å². The average Bonchev–Trinajstić information content (AvgIpc) is 2.60. The molecule has 100 valence electrons. The lowest BCUT2D eigenvalue weighted by atomic mass is 9.79. The van der Waals surface area contributed by atoms with Crippen molar-refractivity contribution in [2.75, 3.05) is 12.4 Å². The molecule has 0 radical (unpaired) electrons. The van der Waals surface area contributed by atoms with Crippen LogP contribution in [0.5, 0.6) is 0 Å². The second-order valence-corrected chi connectivity index (χ2v) is 6.09. The SMILES string of the molecule is CC(C)C1C(=O)N2C(C(=O)O)=C(SCCO)CC12. The predicted octanol–water partition coefficient (Wildman–Crippen LogP) is 0.895. The lowest BCUT2D eigenvalue weighted by molar-refractivity contribution is -0.157. The monoisotopic (exact) mass is 271 g/mol. The Hall–Kier alpha value is -1.01. The third-order valence-corrected chi connectivity index (χ3v) is 4.55. The lowest BCUT2D eigenvalue weighted by Gasteiger charge is -2.45. The molecule has 0 aromatic rings. The number of rotatable bonds is 5. The Morgan fingerprint density at radius 1 is 1.56 bits per heavy atom. The number of aliphatic hydroxyl groups is 1. The van der Waals surface area contributed by atoms with E-state index in [1.807, 2.05) is 13.8 Å². The summed E-state index contributed by atoms with van der Waals surface area (Å²) < 4.78 is 0. The molecule has 5 nitrogen and oxygen atoms in total. The van der Waals surface area contributed by atoms with Gasteiger partial charge in [0.2, 0.25) is 5.91 Å². The Morgan fingerprint density at radius 3 is 2.72 bits per heavy atom. The molecule has 2 atom stereocenters. The molecule has 2 unspecified atom stereocenters. The lowest BCUT2D eigenvalue weighted by Crippen LogP contribution is -2.60. The van der Waals surface area contributed by atoms with Crippen LogP contribution < -0.4 is 0 Å². The average molecular weight is 271 g/mol.